The molecule has 0 saturated carbocycles. The standard InChI is InChI=1S/C27H35N3O2/c1-3-21-6-4-7-23-25(19-29-27(21)23)24(22-10-8-20(2)9-11-22)18-26(31)28-12-5-13-30-14-16-32-17-15-30/h4,6-11,19,24,29H,3,5,12-18H2,1-2H3,(H,28,31)/t24-/m0/s1. The second-order valence-corrected chi connectivity index (χ2v) is 8.76. The van der Waals surface area contributed by atoms with Crippen LogP contribution in [-0.4, -0.2) is 55.2 Å². The smallest absolute Gasteiger partial charge is 0.220 e. The lowest BCUT2D eigenvalue weighted by molar-refractivity contribution is -0.121. The molecular formula is C27H35N3O2. The van der Waals surface area contributed by atoms with Crippen LogP contribution in [0.15, 0.2) is 48.7 Å². The van der Waals surface area contributed by atoms with Gasteiger partial charge in [0, 0.05) is 49.1 Å². The van der Waals surface area contributed by atoms with E-state index in [1.54, 1.807) is 0 Å². The number of fused-ring (bicyclic) bond motifs is 1. The summed E-state index contributed by atoms with van der Waals surface area (Å²) in [4.78, 5) is 18.8. The highest BCUT2D eigenvalue weighted by Crippen LogP contribution is 2.34. The van der Waals surface area contributed by atoms with Crippen LogP contribution in [0.1, 0.15) is 47.9 Å². The zero-order valence-corrected chi connectivity index (χ0v) is 19.3. The van der Waals surface area contributed by atoms with Crippen molar-refractivity contribution in [2.24, 2.45) is 0 Å². The topological polar surface area (TPSA) is 57.4 Å². The molecule has 1 aliphatic heterocycles. The van der Waals surface area contributed by atoms with Crippen molar-refractivity contribution in [2.75, 3.05) is 39.4 Å². The molecule has 3 aromatic rings. The first-order valence-corrected chi connectivity index (χ1v) is 11.9. The van der Waals surface area contributed by atoms with Gasteiger partial charge in [-0.05, 0) is 43.0 Å². The molecule has 1 aliphatic rings. The Morgan fingerprint density at radius 3 is 2.69 bits per heavy atom. The van der Waals surface area contributed by atoms with Crippen molar-refractivity contribution >= 4 is 16.8 Å². The quantitative estimate of drug-likeness (QED) is 0.492. The number of aryl methyl sites for hydroxylation is 2. The van der Waals surface area contributed by atoms with Gasteiger partial charge in [-0.15, -0.1) is 0 Å². The van der Waals surface area contributed by atoms with Gasteiger partial charge in [0.05, 0.1) is 13.2 Å². The lowest BCUT2D eigenvalue weighted by Crippen LogP contribution is -2.38. The van der Waals surface area contributed by atoms with Crippen molar-refractivity contribution in [2.45, 2.75) is 39.0 Å². The maximum absolute atomic E-state index is 12.9. The molecule has 32 heavy (non-hydrogen) atoms. The van der Waals surface area contributed by atoms with E-state index >= 15 is 0 Å². The van der Waals surface area contributed by atoms with E-state index in [1.807, 2.05) is 0 Å². The van der Waals surface area contributed by atoms with Gasteiger partial charge in [-0.2, -0.15) is 0 Å². The SMILES string of the molecule is CCc1cccc2c([C@@H](CC(=O)NCCCN3CCOCC3)c3ccc(C)cc3)c[nH]c12. The van der Waals surface area contributed by atoms with Gasteiger partial charge in [0.2, 0.25) is 5.91 Å². The van der Waals surface area contributed by atoms with Gasteiger partial charge in [0.25, 0.3) is 0 Å². The number of aromatic amines is 1. The van der Waals surface area contributed by atoms with Crippen LogP contribution in [0.2, 0.25) is 0 Å². The van der Waals surface area contributed by atoms with Crippen molar-refractivity contribution in [3.63, 3.8) is 0 Å². The van der Waals surface area contributed by atoms with E-state index in [1.165, 1.54) is 33.2 Å². The fourth-order valence-corrected chi connectivity index (χ4v) is 4.64. The highest BCUT2D eigenvalue weighted by atomic mass is 16.5. The monoisotopic (exact) mass is 433 g/mol. The molecule has 2 N–H and O–H groups in total. The summed E-state index contributed by atoms with van der Waals surface area (Å²) < 4.78 is 5.40. The highest BCUT2D eigenvalue weighted by molar-refractivity contribution is 5.88. The molecule has 1 aromatic heterocycles. The predicted octanol–water partition coefficient (Wildman–Crippen LogP) is 4.40. The molecule has 2 aromatic carbocycles. The van der Waals surface area contributed by atoms with Gasteiger partial charge in [-0.1, -0.05) is 55.0 Å². The Bertz CT molecular complexity index is 1020. The third-order valence-corrected chi connectivity index (χ3v) is 6.54. The van der Waals surface area contributed by atoms with Crippen LogP contribution >= 0.6 is 0 Å². The number of carbonyl (C=O) groups is 1. The Balaban J connectivity index is 1.47. The molecule has 4 rings (SSSR count). The van der Waals surface area contributed by atoms with Gasteiger partial charge in [-0.3, -0.25) is 9.69 Å². The van der Waals surface area contributed by atoms with Crippen LogP contribution in [0.3, 0.4) is 0 Å². The number of H-pyrrole nitrogens is 1. The van der Waals surface area contributed by atoms with E-state index < -0.39 is 0 Å². The number of morpholine rings is 1. The van der Waals surface area contributed by atoms with Gasteiger partial charge in [0.1, 0.15) is 0 Å². The van der Waals surface area contributed by atoms with Gasteiger partial charge >= 0.3 is 0 Å². The predicted molar refractivity (Wildman–Crippen MR) is 130 cm³/mol. The number of nitrogens with one attached hydrogen (secondary N) is 2. The second kappa shape index (κ2) is 10.8. The molecule has 1 saturated heterocycles. The molecule has 1 fully saturated rings. The first kappa shape index (κ1) is 22.6. The minimum Gasteiger partial charge on any atom is -0.379 e. The Hall–Kier alpha value is -2.63. The average Bonchev–Trinajstić information content (AvgIpc) is 3.26. The summed E-state index contributed by atoms with van der Waals surface area (Å²) in [5.41, 5.74) is 6.11. The highest BCUT2D eigenvalue weighted by Gasteiger charge is 2.22. The Morgan fingerprint density at radius 1 is 1.16 bits per heavy atom. The third-order valence-electron chi connectivity index (χ3n) is 6.54. The van der Waals surface area contributed by atoms with E-state index in [-0.39, 0.29) is 11.8 Å². The second-order valence-electron chi connectivity index (χ2n) is 8.76. The van der Waals surface area contributed by atoms with Crippen LogP contribution in [-0.2, 0) is 16.0 Å². The molecule has 0 aliphatic carbocycles. The fourth-order valence-electron chi connectivity index (χ4n) is 4.64. The summed E-state index contributed by atoms with van der Waals surface area (Å²) in [7, 11) is 0. The Morgan fingerprint density at radius 2 is 1.94 bits per heavy atom. The van der Waals surface area contributed by atoms with Gasteiger partial charge in [0.15, 0.2) is 0 Å². The molecule has 5 nitrogen and oxygen atoms in total. The first-order chi connectivity index (χ1) is 15.7. The summed E-state index contributed by atoms with van der Waals surface area (Å²) >= 11 is 0. The zero-order valence-electron chi connectivity index (χ0n) is 19.3. The van der Waals surface area contributed by atoms with Crippen molar-refractivity contribution in [1.82, 2.24) is 15.2 Å². The van der Waals surface area contributed by atoms with E-state index in [9.17, 15) is 4.79 Å². The number of nitrogens with zero attached hydrogens (tertiary/aromatic N) is 1. The van der Waals surface area contributed by atoms with Crippen molar-refractivity contribution in [3.05, 3.63) is 70.9 Å². The van der Waals surface area contributed by atoms with Crippen molar-refractivity contribution in [1.29, 1.82) is 0 Å². The number of para-hydroxylation sites is 1. The average molecular weight is 434 g/mol. The number of hydrogen-bond acceptors (Lipinski definition) is 3. The third kappa shape index (κ3) is 5.40. The summed E-state index contributed by atoms with van der Waals surface area (Å²) in [6, 6.07) is 15.1. The van der Waals surface area contributed by atoms with E-state index in [4.69, 9.17) is 4.74 Å². The lowest BCUT2D eigenvalue weighted by atomic mass is 9.87. The molecule has 5 heteroatoms. The lowest BCUT2D eigenvalue weighted by Gasteiger charge is -2.26. The van der Waals surface area contributed by atoms with Gasteiger partial charge < -0.3 is 15.0 Å². The Kier molecular flexibility index (Phi) is 7.61. The summed E-state index contributed by atoms with van der Waals surface area (Å²) in [5.74, 6) is 0.134. The van der Waals surface area contributed by atoms with Crippen LogP contribution in [0.5, 0.6) is 0 Å². The number of amides is 1. The Labute approximate surface area is 191 Å². The van der Waals surface area contributed by atoms with E-state index in [0.29, 0.717) is 13.0 Å². The summed E-state index contributed by atoms with van der Waals surface area (Å²) in [6.07, 6.45) is 4.49. The number of hydrogen-bond donors (Lipinski definition) is 2. The molecule has 1 amide bonds. The summed E-state index contributed by atoms with van der Waals surface area (Å²) in [5, 5.41) is 4.38. The van der Waals surface area contributed by atoms with Crippen LogP contribution in [0, 0.1) is 6.92 Å². The molecule has 0 bridgehead atoms. The first-order valence-electron chi connectivity index (χ1n) is 11.9. The minimum absolute atomic E-state index is 0.0238. The molecule has 0 unspecified atom stereocenters. The molecule has 2 heterocycles. The molecule has 1 atom stereocenters. The fraction of sp³-hybridized carbons (Fsp3) is 0.444. The minimum atomic E-state index is 0.0238. The molecule has 0 radical (unpaired) electrons. The molecule has 170 valence electrons. The summed E-state index contributed by atoms with van der Waals surface area (Å²) in [6.45, 7) is 9.60. The maximum Gasteiger partial charge on any atom is 0.220 e. The van der Waals surface area contributed by atoms with E-state index in [0.717, 1.165) is 45.7 Å². The van der Waals surface area contributed by atoms with E-state index in [2.05, 4.69) is 77.7 Å². The number of benzene rings is 2. The van der Waals surface area contributed by atoms with Crippen LogP contribution < -0.4 is 5.32 Å². The van der Waals surface area contributed by atoms with Crippen LogP contribution in [0.4, 0.5) is 0 Å². The number of rotatable bonds is 9. The normalized spacial score (nSPS) is 15.7. The van der Waals surface area contributed by atoms with Crippen LogP contribution in [0.25, 0.3) is 10.9 Å². The van der Waals surface area contributed by atoms with Crippen molar-refractivity contribution in [3.8, 4) is 0 Å². The molecular weight excluding hydrogens is 398 g/mol. The largest absolute Gasteiger partial charge is 0.379 e. The van der Waals surface area contributed by atoms with Gasteiger partial charge in [-0.25, -0.2) is 0 Å². The maximum atomic E-state index is 12.9. The molecule has 0 spiro atoms. The van der Waals surface area contributed by atoms with Crippen molar-refractivity contribution < 1.29 is 9.53 Å². The zero-order chi connectivity index (χ0) is 22.3. The number of aromatic nitrogens is 1. The number of carbonyl (C=O) groups excluding carboxylic acids is 1. The number of ether oxygens (including phenoxy) is 1.